The van der Waals surface area contributed by atoms with Gasteiger partial charge in [0.1, 0.15) is 6.07 Å². The van der Waals surface area contributed by atoms with Crippen molar-refractivity contribution in [3.05, 3.63) is 29.6 Å². The molecule has 0 aliphatic rings. The average Bonchev–Trinajstić information content (AvgIpc) is 2.19. The number of rotatable bonds is 1. The van der Waals surface area contributed by atoms with Crippen molar-refractivity contribution in [3.8, 4) is 17.9 Å². The lowest BCUT2D eigenvalue weighted by Gasteiger charge is -1.90. The van der Waals surface area contributed by atoms with Crippen LogP contribution in [0.3, 0.4) is 0 Å². The molecule has 0 saturated heterocycles. The van der Waals surface area contributed by atoms with E-state index in [4.69, 9.17) is 5.26 Å². The molecule has 0 aliphatic carbocycles. The highest BCUT2D eigenvalue weighted by atomic mass is 32.1. The summed E-state index contributed by atoms with van der Waals surface area (Å²) >= 11 is 4.03. The fraction of sp³-hybridized carbons (Fsp3) is 0.200. The topological polar surface area (TPSA) is 36.7 Å². The summed E-state index contributed by atoms with van der Waals surface area (Å²) in [4.78, 5) is 3.89. The van der Waals surface area contributed by atoms with Crippen molar-refractivity contribution in [2.45, 2.75) is 6.42 Å². The Morgan fingerprint density at radius 3 is 3.08 bits per heavy atom. The van der Waals surface area contributed by atoms with E-state index in [-0.39, 0.29) is 0 Å². The van der Waals surface area contributed by atoms with Crippen molar-refractivity contribution < 1.29 is 0 Å². The van der Waals surface area contributed by atoms with Gasteiger partial charge in [0.2, 0.25) is 0 Å². The second-order valence-corrected chi connectivity index (χ2v) is 2.73. The molecule has 13 heavy (non-hydrogen) atoms. The first kappa shape index (κ1) is 9.64. The van der Waals surface area contributed by atoms with Gasteiger partial charge in [-0.05, 0) is 12.1 Å². The molecule has 0 spiro atoms. The monoisotopic (exact) mass is 188 g/mol. The molecule has 0 aromatic carbocycles. The normalized spacial score (nSPS) is 8.31. The lowest BCUT2D eigenvalue weighted by molar-refractivity contribution is 1.24. The molecule has 1 heterocycles. The van der Waals surface area contributed by atoms with Gasteiger partial charge in [-0.2, -0.15) is 17.9 Å². The minimum atomic E-state index is 0.383. The maximum atomic E-state index is 8.68. The Labute approximate surface area is 83.0 Å². The summed E-state index contributed by atoms with van der Waals surface area (Å²) in [6, 6.07) is 5.55. The van der Waals surface area contributed by atoms with Crippen LogP contribution in [0.5, 0.6) is 0 Å². The smallest absolute Gasteiger partial charge is 0.156 e. The van der Waals surface area contributed by atoms with Gasteiger partial charge in [-0.1, -0.05) is 11.8 Å². The third-order valence-electron chi connectivity index (χ3n) is 1.37. The number of pyridine rings is 1. The standard InChI is InChI=1S/C10H8N2S/c11-8-10-9(4-1-2-7-13)5-3-6-12-10/h3,5-6,13H,2,7H2. The average molecular weight is 188 g/mol. The van der Waals surface area contributed by atoms with Crippen molar-refractivity contribution in [2.75, 3.05) is 5.75 Å². The molecule has 0 amide bonds. The van der Waals surface area contributed by atoms with Crippen molar-refractivity contribution >= 4 is 12.6 Å². The van der Waals surface area contributed by atoms with Crippen molar-refractivity contribution in [2.24, 2.45) is 0 Å². The van der Waals surface area contributed by atoms with E-state index in [1.54, 1.807) is 18.3 Å². The molecule has 0 unspecified atom stereocenters. The molecule has 0 radical (unpaired) electrons. The van der Waals surface area contributed by atoms with Crippen LogP contribution in [0.4, 0.5) is 0 Å². The van der Waals surface area contributed by atoms with Gasteiger partial charge in [-0.3, -0.25) is 0 Å². The first-order valence-corrected chi connectivity index (χ1v) is 4.46. The quantitative estimate of drug-likeness (QED) is 0.537. The zero-order valence-corrected chi connectivity index (χ0v) is 7.88. The highest BCUT2D eigenvalue weighted by molar-refractivity contribution is 7.80. The third-order valence-corrected chi connectivity index (χ3v) is 1.60. The van der Waals surface area contributed by atoms with Gasteiger partial charge in [0.15, 0.2) is 5.69 Å². The lowest BCUT2D eigenvalue weighted by atomic mass is 10.2. The molecule has 0 N–H and O–H groups in total. The van der Waals surface area contributed by atoms with Crippen LogP contribution in [0.15, 0.2) is 18.3 Å². The Hall–Kier alpha value is -1.45. The number of hydrogen-bond acceptors (Lipinski definition) is 3. The summed E-state index contributed by atoms with van der Waals surface area (Å²) in [5.74, 6) is 6.52. The molecule has 2 nitrogen and oxygen atoms in total. The molecule has 0 aliphatic heterocycles. The van der Waals surface area contributed by atoms with Gasteiger partial charge in [-0.25, -0.2) is 4.98 Å². The van der Waals surface area contributed by atoms with E-state index >= 15 is 0 Å². The molecular formula is C10H8N2S. The summed E-state index contributed by atoms with van der Waals surface area (Å²) < 4.78 is 0. The van der Waals surface area contributed by atoms with Crippen LogP contribution < -0.4 is 0 Å². The van der Waals surface area contributed by atoms with Gasteiger partial charge >= 0.3 is 0 Å². The van der Waals surface area contributed by atoms with Crippen LogP contribution in [0, 0.1) is 23.2 Å². The predicted molar refractivity (Wildman–Crippen MR) is 54.3 cm³/mol. The first-order valence-electron chi connectivity index (χ1n) is 3.83. The second-order valence-electron chi connectivity index (χ2n) is 2.29. The molecule has 64 valence electrons. The molecule has 1 aromatic rings. The fourth-order valence-electron chi connectivity index (χ4n) is 0.809. The summed E-state index contributed by atoms with van der Waals surface area (Å²) in [6.45, 7) is 0. The Morgan fingerprint density at radius 2 is 2.38 bits per heavy atom. The van der Waals surface area contributed by atoms with Crippen LogP contribution in [0.2, 0.25) is 0 Å². The van der Waals surface area contributed by atoms with E-state index in [0.29, 0.717) is 11.3 Å². The summed E-state index contributed by atoms with van der Waals surface area (Å²) in [7, 11) is 0. The van der Waals surface area contributed by atoms with E-state index < -0.39 is 0 Å². The van der Waals surface area contributed by atoms with E-state index in [1.807, 2.05) is 6.07 Å². The van der Waals surface area contributed by atoms with Crippen LogP contribution >= 0.6 is 12.6 Å². The number of hydrogen-bond donors (Lipinski definition) is 1. The van der Waals surface area contributed by atoms with Crippen LogP contribution in [0.1, 0.15) is 17.7 Å². The predicted octanol–water partition coefficient (Wildman–Crippen LogP) is 1.62. The number of thiol groups is 1. The second kappa shape index (κ2) is 5.24. The van der Waals surface area contributed by atoms with Crippen LogP contribution in [-0.2, 0) is 0 Å². The maximum Gasteiger partial charge on any atom is 0.156 e. The lowest BCUT2D eigenvalue weighted by Crippen LogP contribution is -1.86. The zero-order valence-electron chi connectivity index (χ0n) is 6.99. The molecule has 3 heteroatoms. The third kappa shape index (κ3) is 2.82. The van der Waals surface area contributed by atoms with Crippen molar-refractivity contribution in [3.63, 3.8) is 0 Å². The Bertz CT molecular complexity index is 382. The fourth-order valence-corrected chi connectivity index (χ4v) is 0.921. The van der Waals surface area contributed by atoms with Gasteiger partial charge in [0.05, 0.1) is 5.56 Å². The van der Waals surface area contributed by atoms with E-state index in [0.717, 1.165) is 12.2 Å². The summed E-state index contributed by atoms with van der Waals surface area (Å²) in [5, 5.41) is 8.68. The van der Waals surface area contributed by atoms with E-state index in [9.17, 15) is 0 Å². The summed E-state index contributed by atoms with van der Waals surface area (Å²) in [6.07, 6.45) is 2.31. The van der Waals surface area contributed by atoms with Crippen LogP contribution in [0.25, 0.3) is 0 Å². The largest absolute Gasteiger partial charge is 0.244 e. The minimum Gasteiger partial charge on any atom is -0.244 e. The molecular weight excluding hydrogens is 180 g/mol. The number of nitrogens with zero attached hydrogens (tertiary/aromatic N) is 2. The van der Waals surface area contributed by atoms with Gasteiger partial charge < -0.3 is 0 Å². The van der Waals surface area contributed by atoms with Crippen molar-refractivity contribution in [1.82, 2.24) is 4.98 Å². The number of nitriles is 1. The molecule has 1 aromatic heterocycles. The van der Waals surface area contributed by atoms with Gasteiger partial charge in [-0.15, -0.1) is 0 Å². The minimum absolute atomic E-state index is 0.383. The van der Waals surface area contributed by atoms with Gasteiger partial charge in [0, 0.05) is 18.4 Å². The molecule has 0 bridgehead atoms. The van der Waals surface area contributed by atoms with Crippen molar-refractivity contribution in [1.29, 1.82) is 5.26 Å². The Balaban J connectivity index is 2.91. The molecule has 1 rings (SSSR count). The zero-order chi connectivity index (χ0) is 9.52. The highest BCUT2D eigenvalue weighted by Crippen LogP contribution is 2.01. The maximum absolute atomic E-state index is 8.68. The first-order chi connectivity index (χ1) is 6.38. The Kier molecular flexibility index (Phi) is 3.88. The molecule has 0 atom stereocenters. The SMILES string of the molecule is N#Cc1ncccc1C#CCCS. The number of aromatic nitrogens is 1. The van der Waals surface area contributed by atoms with Gasteiger partial charge in [0.25, 0.3) is 0 Å². The van der Waals surface area contributed by atoms with E-state index in [1.165, 1.54) is 0 Å². The van der Waals surface area contributed by atoms with E-state index in [2.05, 4.69) is 29.5 Å². The highest BCUT2D eigenvalue weighted by Gasteiger charge is 1.96. The summed E-state index contributed by atoms with van der Waals surface area (Å²) in [5.41, 5.74) is 1.07. The molecule has 0 saturated carbocycles. The Morgan fingerprint density at radius 1 is 1.54 bits per heavy atom. The molecule has 0 fully saturated rings. The van der Waals surface area contributed by atoms with Crippen LogP contribution in [-0.4, -0.2) is 10.7 Å².